The fourth-order valence-electron chi connectivity index (χ4n) is 1.18. The Labute approximate surface area is 91.2 Å². The molecular formula is C12H19NO2. The quantitative estimate of drug-likeness (QED) is 0.773. The van der Waals surface area contributed by atoms with Gasteiger partial charge in [0.1, 0.15) is 18.6 Å². The summed E-state index contributed by atoms with van der Waals surface area (Å²) < 4.78 is 11.0. The lowest BCUT2D eigenvalue weighted by molar-refractivity contribution is -0.0726. The zero-order valence-corrected chi connectivity index (χ0v) is 9.57. The van der Waals surface area contributed by atoms with Crippen molar-refractivity contribution >= 4 is 0 Å². The van der Waals surface area contributed by atoms with Gasteiger partial charge in [-0.25, -0.2) is 0 Å². The van der Waals surface area contributed by atoms with Gasteiger partial charge in [-0.2, -0.15) is 0 Å². The van der Waals surface area contributed by atoms with Crippen molar-refractivity contribution in [3.8, 4) is 5.75 Å². The first-order valence-corrected chi connectivity index (χ1v) is 5.08. The van der Waals surface area contributed by atoms with E-state index in [9.17, 15) is 0 Å². The monoisotopic (exact) mass is 209 g/mol. The molecule has 84 valence electrons. The molecule has 1 aromatic rings. The highest BCUT2D eigenvalue weighted by Crippen LogP contribution is 2.11. The molecule has 0 saturated carbocycles. The van der Waals surface area contributed by atoms with Gasteiger partial charge in [-0.1, -0.05) is 18.2 Å². The summed E-state index contributed by atoms with van der Waals surface area (Å²) >= 11 is 0. The molecule has 0 amide bonds. The van der Waals surface area contributed by atoms with Crippen LogP contribution in [0.2, 0.25) is 0 Å². The third-order valence-electron chi connectivity index (χ3n) is 1.66. The van der Waals surface area contributed by atoms with Crippen molar-refractivity contribution in [2.45, 2.75) is 32.6 Å². The Morgan fingerprint density at radius 1 is 1.20 bits per heavy atom. The van der Waals surface area contributed by atoms with Crippen LogP contribution in [-0.4, -0.2) is 18.4 Å². The highest BCUT2D eigenvalue weighted by atomic mass is 16.6. The van der Waals surface area contributed by atoms with Gasteiger partial charge in [0.2, 0.25) is 0 Å². The predicted octanol–water partition coefficient (Wildman–Crippen LogP) is 2.17. The van der Waals surface area contributed by atoms with Gasteiger partial charge in [0.15, 0.2) is 0 Å². The summed E-state index contributed by atoms with van der Waals surface area (Å²) in [6.45, 7) is 6.27. The van der Waals surface area contributed by atoms with Gasteiger partial charge in [-0.05, 0) is 32.9 Å². The molecule has 0 aliphatic rings. The lowest BCUT2D eigenvalue weighted by atomic mass is 10.2. The molecule has 15 heavy (non-hydrogen) atoms. The van der Waals surface area contributed by atoms with Gasteiger partial charge in [-0.3, -0.25) is 0 Å². The molecule has 0 spiro atoms. The summed E-state index contributed by atoms with van der Waals surface area (Å²) in [6, 6.07) is 9.57. The van der Waals surface area contributed by atoms with Crippen LogP contribution in [0.15, 0.2) is 30.3 Å². The summed E-state index contributed by atoms with van der Waals surface area (Å²) in [7, 11) is 0. The second kappa shape index (κ2) is 5.14. The molecule has 0 heterocycles. The molecule has 1 rings (SSSR count). The van der Waals surface area contributed by atoms with Crippen LogP contribution in [0.5, 0.6) is 5.75 Å². The van der Waals surface area contributed by atoms with Crippen LogP contribution in [0.1, 0.15) is 20.8 Å². The van der Waals surface area contributed by atoms with E-state index in [0.717, 1.165) is 5.75 Å². The highest BCUT2D eigenvalue weighted by molar-refractivity contribution is 5.20. The fourth-order valence-corrected chi connectivity index (χ4v) is 1.18. The third-order valence-corrected chi connectivity index (χ3v) is 1.66. The van der Waals surface area contributed by atoms with E-state index < -0.39 is 6.23 Å². The first-order chi connectivity index (χ1) is 6.97. The Hall–Kier alpha value is -1.06. The number of hydrogen-bond donors (Lipinski definition) is 1. The van der Waals surface area contributed by atoms with E-state index in [1.165, 1.54) is 0 Å². The molecule has 0 radical (unpaired) electrons. The van der Waals surface area contributed by atoms with Crippen molar-refractivity contribution in [3.63, 3.8) is 0 Å². The van der Waals surface area contributed by atoms with Gasteiger partial charge in [0, 0.05) is 0 Å². The van der Waals surface area contributed by atoms with Gasteiger partial charge >= 0.3 is 0 Å². The van der Waals surface area contributed by atoms with Gasteiger partial charge in [0.25, 0.3) is 0 Å². The zero-order chi connectivity index (χ0) is 11.3. The van der Waals surface area contributed by atoms with E-state index >= 15 is 0 Å². The molecule has 1 atom stereocenters. The Balaban J connectivity index is 2.32. The number of ether oxygens (including phenoxy) is 2. The standard InChI is InChI=1S/C12H19NO2/c1-12(2,3)15-11(13)9-14-10-7-5-4-6-8-10/h4-8,11H,9,13H2,1-3H3. The molecule has 0 aromatic heterocycles. The largest absolute Gasteiger partial charge is 0.489 e. The van der Waals surface area contributed by atoms with E-state index in [1.54, 1.807) is 0 Å². The second-order valence-electron chi connectivity index (χ2n) is 4.39. The minimum Gasteiger partial charge on any atom is -0.489 e. The molecule has 2 N–H and O–H groups in total. The molecule has 1 aromatic carbocycles. The predicted molar refractivity (Wildman–Crippen MR) is 60.8 cm³/mol. The Morgan fingerprint density at radius 2 is 1.80 bits per heavy atom. The smallest absolute Gasteiger partial charge is 0.140 e. The van der Waals surface area contributed by atoms with Crippen LogP contribution < -0.4 is 10.5 Å². The average Bonchev–Trinajstić information content (AvgIpc) is 2.14. The Kier molecular flexibility index (Phi) is 4.12. The maximum atomic E-state index is 5.76. The molecular weight excluding hydrogens is 190 g/mol. The fraction of sp³-hybridized carbons (Fsp3) is 0.500. The van der Waals surface area contributed by atoms with Crippen molar-refractivity contribution in [1.82, 2.24) is 0 Å². The number of rotatable bonds is 4. The van der Waals surface area contributed by atoms with Crippen LogP contribution in [-0.2, 0) is 4.74 Å². The van der Waals surface area contributed by atoms with Crippen molar-refractivity contribution in [2.24, 2.45) is 5.73 Å². The molecule has 1 unspecified atom stereocenters. The second-order valence-corrected chi connectivity index (χ2v) is 4.39. The molecule has 0 bridgehead atoms. The molecule has 0 aliphatic carbocycles. The van der Waals surface area contributed by atoms with Crippen LogP contribution >= 0.6 is 0 Å². The highest BCUT2D eigenvalue weighted by Gasteiger charge is 2.15. The normalized spacial score (nSPS) is 13.6. The van der Waals surface area contributed by atoms with Crippen LogP contribution in [0.3, 0.4) is 0 Å². The van der Waals surface area contributed by atoms with Gasteiger partial charge in [-0.15, -0.1) is 0 Å². The van der Waals surface area contributed by atoms with Crippen LogP contribution in [0.25, 0.3) is 0 Å². The average molecular weight is 209 g/mol. The maximum absolute atomic E-state index is 5.76. The summed E-state index contributed by atoms with van der Waals surface area (Å²) in [5.74, 6) is 0.811. The first-order valence-electron chi connectivity index (χ1n) is 5.08. The van der Waals surface area contributed by atoms with Crippen LogP contribution in [0.4, 0.5) is 0 Å². The lowest BCUT2D eigenvalue weighted by Crippen LogP contribution is -2.38. The molecule has 0 fully saturated rings. The molecule has 0 saturated heterocycles. The first kappa shape index (κ1) is 12.0. The molecule has 3 heteroatoms. The number of nitrogens with two attached hydrogens (primary N) is 1. The van der Waals surface area contributed by atoms with Crippen molar-refractivity contribution in [1.29, 1.82) is 0 Å². The maximum Gasteiger partial charge on any atom is 0.140 e. The number of benzene rings is 1. The number of hydrogen-bond acceptors (Lipinski definition) is 3. The van der Waals surface area contributed by atoms with Gasteiger partial charge < -0.3 is 15.2 Å². The van der Waals surface area contributed by atoms with Gasteiger partial charge in [0.05, 0.1) is 5.60 Å². The van der Waals surface area contributed by atoms with Crippen LogP contribution in [0, 0.1) is 0 Å². The zero-order valence-electron chi connectivity index (χ0n) is 9.57. The third kappa shape index (κ3) is 5.40. The van der Waals surface area contributed by atoms with E-state index in [2.05, 4.69) is 0 Å². The van der Waals surface area contributed by atoms with E-state index in [-0.39, 0.29) is 5.60 Å². The number of para-hydroxylation sites is 1. The minimum atomic E-state index is -0.398. The van der Waals surface area contributed by atoms with Crippen molar-refractivity contribution < 1.29 is 9.47 Å². The van der Waals surface area contributed by atoms with E-state index in [1.807, 2.05) is 51.1 Å². The summed E-state index contributed by atoms with van der Waals surface area (Å²) in [6.07, 6.45) is -0.398. The minimum absolute atomic E-state index is 0.237. The lowest BCUT2D eigenvalue weighted by Gasteiger charge is -2.24. The van der Waals surface area contributed by atoms with E-state index in [4.69, 9.17) is 15.2 Å². The molecule has 0 aliphatic heterocycles. The van der Waals surface area contributed by atoms with Crippen molar-refractivity contribution in [3.05, 3.63) is 30.3 Å². The van der Waals surface area contributed by atoms with Crippen molar-refractivity contribution in [2.75, 3.05) is 6.61 Å². The SMILES string of the molecule is CC(C)(C)OC(N)COc1ccccc1. The molecule has 3 nitrogen and oxygen atoms in total. The summed E-state index contributed by atoms with van der Waals surface area (Å²) in [5, 5.41) is 0. The van der Waals surface area contributed by atoms with E-state index in [0.29, 0.717) is 6.61 Å². The summed E-state index contributed by atoms with van der Waals surface area (Å²) in [5.41, 5.74) is 5.52. The topological polar surface area (TPSA) is 44.5 Å². The summed E-state index contributed by atoms with van der Waals surface area (Å²) in [4.78, 5) is 0. The Morgan fingerprint density at radius 3 is 2.33 bits per heavy atom. The Bertz CT molecular complexity index is 279.